The third-order valence-electron chi connectivity index (χ3n) is 3.49. The van der Waals surface area contributed by atoms with Crippen LogP contribution in [0.25, 0.3) is 0 Å². The van der Waals surface area contributed by atoms with Crippen LogP contribution in [0.15, 0.2) is 27.6 Å². The van der Waals surface area contributed by atoms with Gasteiger partial charge in [0.25, 0.3) is 0 Å². The van der Waals surface area contributed by atoms with Gasteiger partial charge < -0.3 is 14.4 Å². The van der Waals surface area contributed by atoms with E-state index in [1.54, 1.807) is 26.0 Å². The first-order valence-electron chi connectivity index (χ1n) is 6.97. The summed E-state index contributed by atoms with van der Waals surface area (Å²) in [6.07, 6.45) is 0. The Morgan fingerprint density at radius 1 is 1.29 bits per heavy atom. The molecule has 9 heteroatoms. The summed E-state index contributed by atoms with van der Waals surface area (Å²) in [5.74, 6) is -0.521. The number of carboxylic acids is 1. The Morgan fingerprint density at radius 2 is 1.88 bits per heavy atom. The Kier molecular flexibility index (Phi) is 4.95. The molecule has 0 aliphatic heterocycles. The van der Waals surface area contributed by atoms with Crippen LogP contribution in [0.5, 0.6) is 5.75 Å². The molecule has 0 aliphatic carbocycles. The molecule has 0 aliphatic rings. The normalized spacial score (nSPS) is 11.7. The second-order valence-corrected chi connectivity index (χ2v) is 7.32. The molecule has 8 nitrogen and oxygen atoms in total. The number of rotatable bonds is 6. The van der Waals surface area contributed by atoms with E-state index in [0.29, 0.717) is 16.9 Å². The number of aryl methyl sites for hydroxylation is 2. The van der Waals surface area contributed by atoms with Crippen LogP contribution in [0.2, 0.25) is 0 Å². The van der Waals surface area contributed by atoms with Crippen molar-refractivity contribution in [1.29, 1.82) is 0 Å². The Hall–Kier alpha value is -2.39. The molecule has 1 aromatic heterocycles. The van der Waals surface area contributed by atoms with E-state index < -0.39 is 16.0 Å². The van der Waals surface area contributed by atoms with Gasteiger partial charge in [-0.05, 0) is 37.1 Å². The van der Waals surface area contributed by atoms with Gasteiger partial charge in [-0.3, -0.25) is 0 Å². The maximum Gasteiger partial charge on any atom is 0.358 e. The van der Waals surface area contributed by atoms with Gasteiger partial charge in [0, 0.05) is 13.1 Å². The van der Waals surface area contributed by atoms with E-state index in [1.807, 2.05) is 0 Å². The molecule has 2 rings (SSSR count). The number of hydrogen-bond acceptors (Lipinski definition) is 6. The summed E-state index contributed by atoms with van der Waals surface area (Å²) in [6.45, 7) is 3.24. The van der Waals surface area contributed by atoms with Crippen molar-refractivity contribution in [3.8, 4) is 5.75 Å². The number of sulfonamides is 1. The van der Waals surface area contributed by atoms with Crippen LogP contribution in [0, 0.1) is 13.8 Å². The highest BCUT2D eigenvalue weighted by Crippen LogP contribution is 2.28. The number of carbonyl (C=O) groups is 1. The minimum absolute atomic E-state index is 0.131. The molecule has 0 saturated carbocycles. The lowest BCUT2D eigenvalue weighted by Crippen LogP contribution is -2.27. The molecule has 1 heterocycles. The lowest BCUT2D eigenvalue weighted by atomic mass is 10.1. The molecule has 2 aromatic rings. The average molecular weight is 354 g/mol. The number of methoxy groups -OCH3 is 1. The third-order valence-corrected chi connectivity index (χ3v) is 5.60. The van der Waals surface area contributed by atoms with Gasteiger partial charge in [-0.25, -0.2) is 13.2 Å². The highest BCUT2D eigenvalue weighted by Gasteiger charge is 2.27. The lowest BCUT2D eigenvalue weighted by molar-refractivity contribution is 0.0685. The van der Waals surface area contributed by atoms with Crippen molar-refractivity contribution in [2.24, 2.45) is 0 Å². The number of hydrogen-bond donors (Lipinski definition) is 1. The van der Waals surface area contributed by atoms with E-state index in [1.165, 1.54) is 20.2 Å². The molecule has 24 heavy (non-hydrogen) atoms. The zero-order valence-corrected chi connectivity index (χ0v) is 14.5. The molecule has 130 valence electrons. The molecule has 0 amide bonds. The fourth-order valence-corrected chi connectivity index (χ4v) is 3.92. The summed E-state index contributed by atoms with van der Waals surface area (Å²) in [7, 11) is -0.889. The average Bonchev–Trinajstić information content (AvgIpc) is 2.94. The van der Waals surface area contributed by atoms with Gasteiger partial charge in [0.2, 0.25) is 10.0 Å². The number of ether oxygens (including phenoxy) is 1. The molecule has 0 bridgehead atoms. The van der Waals surface area contributed by atoms with E-state index in [0.717, 1.165) is 4.31 Å². The van der Waals surface area contributed by atoms with Crippen molar-refractivity contribution < 1.29 is 27.6 Å². The molecular formula is C15H18N2O6S. The quantitative estimate of drug-likeness (QED) is 0.842. The molecule has 0 unspecified atom stereocenters. The van der Waals surface area contributed by atoms with Gasteiger partial charge in [-0.15, -0.1) is 0 Å². The Labute approximate surface area is 139 Å². The maximum absolute atomic E-state index is 12.8. The van der Waals surface area contributed by atoms with Crippen molar-refractivity contribution in [3.63, 3.8) is 0 Å². The molecule has 0 radical (unpaired) electrons. The molecule has 0 atom stereocenters. The van der Waals surface area contributed by atoms with Crippen molar-refractivity contribution in [2.75, 3.05) is 14.2 Å². The van der Waals surface area contributed by atoms with Gasteiger partial charge >= 0.3 is 5.97 Å². The predicted molar refractivity (Wildman–Crippen MR) is 84.6 cm³/mol. The van der Waals surface area contributed by atoms with Crippen molar-refractivity contribution in [2.45, 2.75) is 25.3 Å². The highest BCUT2D eigenvalue weighted by molar-refractivity contribution is 7.89. The van der Waals surface area contributed by atoms with E-state index in [-0.39, 0.29) is 22.9 Å². The minimum atomic E-state index is -3.79. The van der Waals surface area contributed by atoms with E-state index in [4.69, 9.17) is 14.4 Å². The van der Waals surface area contributed by atoms with Crippen LogP contribution < -0.4 is 4.74 Å². The summed E-state index contributed by atoms with van der Waals surface area (Å²) >= 11 is 0. The largest absolute Gasteiger partial charge is 0.497 e. The first-order chi connectivity index (χ1) is 11.2. The second-order valence-electron chi connectivity index (χ2n) is 5.34. The van der Waals surface area contributed by atoms with Crippen molar-refractivity contribution in [1.82, 2.24) is 9.46 Å². The number of benzene rings is 1. The van der Waals surface area contributed by atoms with Gasteiger partial charge in [0.05, 0.1) is 18.6 Å². The lowest BCUT2D eigenvalue weighted by Gasteiger charge is -2.19. The van der Waals surface area contributed by atoms with E-state index in [9.17, 15) is 13.2 Å². The van der Waals surface area contributed by atoms with Crippen LogP contribution in [0.4, 0.5) is 0 Å². The van der Waals surface area contributed by atoms with Crippen LogP contribution in [0.1, 0.15) is 27.4 Å². The number of aromatic nitrogens is 1. The first kappa shape index (κ1) is 18.0. The fraction of sp³-hybridized carbons (Fsp3) is 0.333. The second kappa shape index (κ2) is 6.62. The summed E-state index contributed by atoms with van der Waals surface area (Å²) < 4.78 is 36.7. The molecular weight excluding hydrogens is 336 g/mol. The Morgan fingerprint density at radius 3 is 2.33 bits per heavy atom. The summed E-state index contributed by atoms with van der Waals surface area (Å²) in [5.41, 5.74) is 0.845. The van der Waals surface area contributed by atoms with Crippen molar-refractivity contribution in [3.05, 3.63) is 40.8 Å². The monoisotopic (exact) mass is 354 g/mol. The van der Waals surface area contributed by atoms with Crippen LogP contribution in [0.3, 0.4) is 0 Å². The van der Waals surface area contributed by atoms with E-state index in [2.05, 4.69) is 5.16 Å². The first-order valence-corrected chi connectivity index (χ1v) is 8.41. The van der Waals surface area contributed by atoms with Gasteiger partial charge in [-0.2, -0.15) is 4.31 Å². The number of nitrogens with zero attached hydrogens (tertiary/aromatic N) is 2. The zero-order valence-electron chi connectivity index (χ0n) is 13.7. The molecule has 0 fully saturated rings. The topological polar surface area (TPSA) is 110 Å². The smallest absolute Gasteiger partial charge is 0.358 e. The minimum Gasteiger partial charge on any atom is -0.497 e. The Bertz CT molecular complexity index is 849. The Balaban J connectivity index is 2.34. The van der Waals surface area contributed by atoms with Gasteiger partial charge in [0.15, 0.2) is 11.5 Å². The molecule has 0 saturated heterocycles. The van der Waals surface area contributed by atoms with Crippen LogP contribution in [-0.4, -0.2) is 43.1 Å². The SMILES string of the molecule is COc1cc(C)c(S(=O)(=O)N(C)Cc2cc(C(=O)O)no2)c(C)c1. The maximum atomic E-state index is 12.8. The molecule has 0 spiro atoms. The zero-order chi connectivity index (χ0) is 18.1. The van der Waals surface area contributed by atoms with Gasteiger partial charge in [-0.1, -0.05) is 5.16 Å². The van der Waals surface area contributed by atoms with E-state index >= 15 is 0 Å². The molecule has 1 N–H and O–H groups in total. The van der Waals surface area contributed by atoms with Crippen LogP contribution in [-0.2, 0) is 16.6 Å². The third kappa shape index (κ3) is 3.41. The fourth-order valence-electron chi connectivity index (χ4n) is 2.38. The summed E-state index contributed by atoms with van der Waals surface area (Å²) in [6, 6.07) is 4.48. The summed E-state index contributed by atoms with van der Waals surface area (Å²) in [5, 5.41) is 12.2. The highest BCUT2D eigenvalue weighted by atomic mass is 32.2. The molecule has 1 aromatic carbocycles. The summed E-state index contributed by atoms with van der Waals surface area (Å²) in [4.78, 5) is 11.0. The standard InChI is InChI=1S/C15H18N2O6S/c1-9-5-11(22-4)6-10(2)14(9)24(20,21)17(3)8-12-7-13(15(18)19)16-23-12/h5-7H,8H2,1-4H3,(H,18,19). The van der Waals surface area contributed by atoms with Gasteiger partial charge in [0.1, 0.15) is 5.75 Å². The predicted octanol–water partition coefficient (Wildman–Crippen LogP) is 1.82. The van der Waals surface area contributed by atoms with Crippen molar-refractivity contribution >= 4 is 16.0 Å². The van der Waals surface area contributed by atoms with Crippen LogP contribution >= 0.6 is 0 Å². The number of aromatic carboxylic acids is 1. The number of carboxylic acid groups (broad SMARTS) is 1.